The Morgan fingerprint density at radius 3 is 2.48 bits per heavy atom. The summed E-state index contributed by atoms with van der Waals surface area (Å²) in [6.45, 7) is 2.01. The first-order valence-electron chi connectivity index (χ1n) is 8.14. The molecule has 0 atom stereocenters. The van der Waals surface area contributed by atoms with E-state index in [-0.39, 0.29) is 16.5 Å². The lowest BCUT2D eigenvalue weighted by molar-refractivity contribution is 0.102. The van der Waals surface area contributed by atoms with Gasteiger partial charge >= 0.3 is 0 Å². The van der Waals surface area contributed by atoms with Crippen molar-refractivity contribution in [1.82, 2.24) is 9.29 Å². The van der Waals surface area contributed by atoms with E-state index in [4.69, 9.17) is 0 Å². The zero-order valence-corrected chi connectivity index (χ0v) is 16.8. The van der Waals surface area contributed by atoms with Crippen LogP contribution in [0.2, 0.25) is 0 Å². The van der Waals surface area contributed by atoms with Crippen molar-refractivity contribution in [3.63, 3.8) is 0 Å². The van der Waals surface area contributed by atoms with Crippen molar-refractivity contribution >= 4 is 33.0 Å². The van der Waals surface area contributed by atoms with Crippen LogP contribution in [0.5, 0.6) is 0 Å². The molecule has 8 heteroatoms. The first-order chi connectivity index (χ1) is 12.8. The van der Waals surface area contributed by atoms with Crippen molar-refractivity contribution in [2.24, 2.45) is 0 Å². The number of nitrogens with one attached hydrogen (secondary N) is 1. The normalized spacial score (nSPS) is 11.6. The highest BCUT2D eigenvalue weighted by atomic mass is 32.2. The Morgan fingerprint density at radius 1 is 1.11 bits per heavy atom. The standard InChI is InChI=1S/C19H19N3O3S2/c1-13-7-9-14(10-8-13)19-21-17(12-26-19)18(23)20-15-5-4-6-16(11-15)27(24,25)22(2)3/h4-12H,1-3H3,(H,20,23). The molecule has 0 aliphatic carbocycles. The average Bonchev–Trinajstić information content (AvgIpc) is 3.12. The van der Waals surface area contributed by atoms with E-state index in [1.54, 1.807) is 17.5 Å². The number of thiazole rings is 1. The second-order valence-electron chi connectivity index (χ2n) is 6.17. The summed E-state index contributed by atoms with van der Waals surface area (Å²) < 4.78 is 25.6. The van der Waals surface area contributed by atoms with Gasteiger partial charge in [0.15, 0.2) is 0 Å². The highest BCUT2D eigenvalue weighted by Crippen LogP contribution is 2.25. The first kappa shape index (κ1) is 19.2. The molecule has 0 unspecified atom stereocenters. The molecule has 0 radical (unpaired) electrons. The molecule has 0 aliphatic heterocycles. The molecule has 3 rings (SSSR count). The topological polar surface area (TPSA) is 79.4 Å². The van der Waals surface area contributed by atoms with Crippen LogP contribution in [0.15, 0.2) is 58.8 Å². The fraction of sp³-hybridized carbons (Fsp3) is 0.158. The van der Waals surface area contributed by atoms with Crippen LogP contribution in [-0.4, -0.2) is 37.7 Å². The molecule has 6 nitrogen and oxygen atoms in total. The molecule has 1 amide bonds. The van der Waals surface area contributed by atoms with E-state index in [0.29, 0.717) is 5.69 Å². The summed E-state index contributed by atoms with van der Waals surface area (Å²) in [7, 11) is -0.645. The maximum atomic E-state index is 12.5. The number of amides is 1. The molecule has 0 spiro atoms. The minimum Gasteiger partial charge on any atom is -0.321 e. The zero-order chi connectivity index (χ0) is 19.6. The lowest BCUT2D eigenvalue weighted by atomic mass is 10.2. The number of aromatic nitrogens is 1. The van der Waals surface area contributed by atoms with Gasteiger partial charge in [0.05, 0.1) is 4.90 Å². The Hall–Kier alpha value is -2.55. The number of anilines is 1. The Kier molecular flexibility index (Phi) is 5.41. The SMILES string of the molecule is Cc1ccc(-c2nc(C(=O)Nc3cccc(S(=O)(=O)N(C)C)c3)cs2)cc1. The molecular formula is C19H19N3O3S2. The van der Waals surface area contributed by atoms with E-state index in [0.717, 1.165) is 20.4 Å². The number of rotatable bonds is 5. The molecule has 27 heavy (non-hydrogen) atoms. The van der Waals surface area contributed by atoms with Crippen molar-refractivity contribution in [1.29, 1.82) is 0 Å². The average molecular weight is 402 g/mol. The lowest BCUT2D eigenvalue weighted by Crippen LogP contribution is -2.22. The molecule has 1 aromatic heterocycles. The minimum absolute atomic E-state index is 0.115. The Balaban J connectivity index is 1.79. The van der Waals surface area contributed by atoms with Gasteiger partial charge in [-0.3, -0.25) is 4.79 Å². The summed E-state index contributed by atoms with van der Waals surface area (Å²) in [6, 6.07) is 14.1. The van der Waals surface area contributed by atoms with Gasteiger partial charge in [0.2, 0.25) is 10.0 Å². The second kappa shape index (κ2) is 7.59. The molecule has 0 aliphatic rings. The number of benzene rings is 2. The van der Waals surface area contributed by atoms with Gasteiger partial charge < -0.3 is 5.32 Å². The van der Waals surface area contributed by atoms with E-state index in [2.05, 4.69) is 10.3 Å². The fourth-order valence-electron chi connectivity index (χ4n) is 2.35. The van der Waals surface area contributed by atoms with Gasteiger partial charge in [-0.25, -0.2) is 17.7 Å². The molecular weight excluding hydrogens is 382 g/mol. The molecule has 140 valence electrons. The van der Waals surface area contributed by atoms with Crippen LogP contribution in [0, 0.1) is 6.92 Å². The van der Waals surface area contributed by atoms with Crippen LogP contribution in [0.25, 0.3) is 10.6 Å². The van der Waals surface area contributed by atoms with Crippen LogP contribution in [-0.2, 0) is 10.0 Å². The zero-order valence-electron chi connectivity index (χ0n) is 15.1. The fourth-order valence-corrected chi connectivity index (χ4v) is 4.10. The van der Waals surface area contributed by atoms with Gasteiger partial charge in [-0.15, -0.1) is 11.3 Å². The number of sulfonamides is 1. The highest BCUT2D eigenvalue weighted by molar-refractivity contribution is 7.89. The van der Waals surface area contributed by atoms with E-state index < -0.39 is 10.0 Å². The summed E-state index contributed by atoms with van der Waals surface area (Å²) >= 11 is 1.38. The number of aryl methyl sites for hydroxylation is 1. The number of carbonyl (C=O) groups is 1. The van der Waals surface area contributed by atoms with E-state index in [9.17, 15) is 13.2 Å². The molecule has 0 fully saturated rings. The van der Waals surface area contributed by atoms with Crippen molar-refractivity contribution in [3.05, 3.63) is 65.2 Å². The summed E-state index contributed by atoms with van der Waals surface area (Å²) in [5.74, 6) is -0.385. The maximum absolute atomic E-state index is 12.5. The number of hydrogen-bond acceptors (Lipinski definition) is 5. The molecule has 0 bridgehead atoms. The third kappa shape index (κ3) is 4.24. The van der Waals surface area contributed by atoms with Crippen LogP contribution in [0.1, 0.15) is 16.1 Å². The second-order valence-corrected chi connectivity index (χ2v) is 9.18. The van der Waals surface area contributed by atoms with Gasteiger partial charge in [0.1, 0.15) is 10.7 Å². The van der Waals surface area contributed by atoms with Gasteiger partial charge in [-0.2, -0.15) is 0 Å². The van der Waals surface area contributed by atoms with Gasteiger partial charge in [-0.1, -0.05) is 35.9 Å². The molecule has 0 saturated heterocycles. The number of nitrogens with zero attached hydrogens (tertiary/aromatic N) is 2. The van der Waals surface area contributed by atoms with Crippen LogP contribution >= 0.6 is 11.3 Å². The van der Waals surface area contributed by atoms with E-state index in [1.807, 2.05) is 31.2 Å². The summed E-state index contributed by atoms with van der Waals surface area (Å²) in [5.41, 5.74) is 2.79. The first-order valence-corrected chi connectivity index (χ1v) is 10.5. The van der Waals surface area contributed by atoms with Gasteiger partial charge in [0.25, 0.3) is 5.91 Å². The van der Waals surface area contributed by atoms with E-state index in [1.165, 1.54) is 37.6 Å². The summed E-state index contributed by atoms with van der Waals surface area (Å²) in [6.07, 6.45) is 0. The smallest absolute Gasteiger partial charge is 0.275 e. The van der Waals surface area contributed by atoms with Gasteiger partial charge in [0, 0.05) is 30.7 Å². The quantitative estimate of drug-likeness (QED) is 0.708. The minimum atomic E-state index is -3.57. The lowest BCUT2D eigenvalue weighted by Gasteiger charge is -2.12. The van der Waals surface area contributed by atoms with Gasteiger partial charge in [-0.05, 0) is 25.1 Å². The van der Waals surface area contributed by atoms with Crippen molar-refractivity contribution in [3.8, 4) is 10.6 Å². The summed E-state index contributed by atoms with van der Waals surface area (Å²) in [5, 5.41) is 5.15. The summed E-state index contributed by atoms with van der Waals surface area (Å²) in [4.78, 5) is 17.0. The molecule has 2 aromatic carbocycles. The Morgan fingerprint density at radius 2 is 1.81 bits per heavy atom. The predicted octanol–water partition coefficient (Wildman–Crippen LogP) is 3.62. The number of hydrogen-bond donors (Lipinski definition) is 1. The van der Waals surface area contributed by atoms with Crippen molar-refractivity contribution in [2.75, 3.05) is 19.4 Å². The third-order valence-corrected chi connectivity index (χ3v) is 6.61. The molecule has 0 saturated carbocycles. The Bertz CT molecular complexity index is 1070. The molecule has 1 heterocycles. The Labute approximate surface area is 162 Å². The van der Waals surface area contributed by atoms with Crippen LogP contribution < -0.4 is 5.32 Å². The highest BCUT2D eigenvalue weighted by Gasteiger charge is 2.18. The predicted molar refractivity (Wildman–Crippen MR) is 108 cm³/mol. The van der Waals surface area contributed by atoms with Crippen molar-refractivity contribution in [2.45, 2.75) is 11.8 Å². The monoisotopic (exact) mass is 401 g/mol. The largest absolute Gasteiger partial charge is 0.321 e. The van der Waals surface area contributed by atoms with Crippen LogP contribution in [0.3, 0.4) is 0 Å². The van der Waals surface area contributed by atoms with E-state index >= 15 is 0 Å². The van der Waals surface area contributed by atoms with Crippen LogP contribution in [0.4, 0.5) is 5.69 Å². The molecule has 3 aromatic rings. The molecule has 1 N–H and O–H groups in total. The maximum Gasteiger partial charge on any atom is 0.275 e. The number of carbonyl (C=O) groups excluding carboxylic acids is 1. The third-order valence-electron chi connectivity index (χ3n) is 3.91. The van der Waals surface area contributed by atoms with Crippen molar-refractivity contribution < 1.29 is 13.2 Å².